The number of unbranched alkanes of at least 4 members (excludes halogenated alkanes) is 3. The van der Waals surface area contributed by atoms with Crippen molar-refractivity contribution in [2.24, 2.45) is 11.1 Å². The Labute approximate surface area is 117 Å². The molecule has 0 aromatic rings. The topological polar surface area (TPSA) is 75.4 Å². The molecule has 0 unspecified atom stereocenters. The first kappa shape index (κ1) is 16.4. The van der Waals surface area contributed by atoms with E-state index in [0.29, 0.717) is 13.0 Å². The van der Waals surface area contributed by atoms with Crippen molar-refractivity contribution in [1.29, 1.82) is 0 Å². The molecular weight excluding hydrogens is 240 g/mol. The summed E-state index contributed by atoms with van der Waals surface area (Å²) in [6, 6.07) is 0. The molecule has 0 aliphatic heterocycles. The van der Waals surface area contributed by atoms with Crippen LogP contribution in [0.3, 0.4) is 0 Å². The number of rotatable bonds is 9. The molecule has 1 saturated carbocycles. The fourth-order valence-electron chi connectivity index (χ4n) is 2.85. The molecule has 0 aromatic carbocycles. The zero-order chi connectivity index (χ0) is 14.0. The highest BCUT2D eigenvalue weighted by molar-refractivity contribution is 5.75. The lowest BCUT2D eigenvalue weighted by molar-refractivity contribution is -0.122. The number of nitrogens with one attached hydrogen (secondary N) is 1. The van der Waals surface area contributed by atoms with Crippen LogP contribution in [0.15, 0.2) is 0 Å². The third-order valence-corrected chi connectivity index (χ3v) is 4.27. The molecule has 0 radical (unpaired) electrons. The van der Waals surface area contributed by atoms with Crippen LogP contribution in [-0.4, -0.2) is 30.7 Å². The van der Waals surface area contributed by atoms with Crippen LogP contribution >= 0.6 is 0 Å². The van der Waals surface area contributed by atoms with Crippen molar-refractivity contribution in [2.75, 3.05) is 19.7 Å². The van der Waals surface area contributed by atoms with Crippen molar-refractivity contribution in [1.82, 2.24) is 5.32 Å². The summed E-state index contributed by atoms with van der Waals surface area (Å²) in [4.78, 5) is 11.8. The van der Waals surface area contributed by atoms with E-state index in [1.165, 1.54) is 19.3 Å². The molecule has 112 valence electrons. The second kappa shape index (κ2) is 9.32. The van der Waals surface area contributed by atoms with Gasteiger partial charge >= 0.3 is 0 Å². The zero-order valence-corrected chi connectivity index (χ0v) is 12.1. The molecule has 4 heteroatoms. The predicted molar refractivity (Wildman–Crippen MR) is 77.8 cm³/mol. The lowest BCUT2D eigenvalue weighted by Crippen LogP contribution is -2.41. The Kier molecular flexibility index (Phi) is 8.07. The average molecular weight is 270 g/mol. The Morgan fingerprint density at radius 1 is 1.11 bits per heavy atom. The summed E-state index contributed by atoms with van der Waals surface area (Å²) >= 11 is 0. The second-order valence-corrected chi connectivity index (χ2v) is 5.95. The van der Waals surface area contributed by atoms with Gasteiger partial charge in [0.25, 0.3) is 0 Å². The predicted octanol–water partition coefficient (Wildman–Crippen LogP) is 1.95. The molecule has 0 spiro atoms. The van der Waals surface area contributed by atoms with E-state index >= 15 is 0 Å². The van der Waals surface area contributed by atoms with Gasteiger partial charge in [-0.2, -0.15) is 0 Å². The minimum atomic E-state index is -0.0482. The van der Waals surface area contributed by atoms with Crippen LogP contribution in [0.25, 0.3) is 0 Å². The summed E-state index contributed by atoms with van der Waals surface area (Å²) in [5.41, 5.74) is 5.38. The molecule has 4 N–H and O–H groups in total. The minimum Gasteiger partial charge on any atom is -0.396 e. The summed E-state index contributed by atoms with van der Waals surface area (Å²) in [5, 5.41) is 12.6. The van der Waals surface area contributed by atoms with Crippen molar-refractivity contribution < 1.29 is 9.90 Å². The first-order valence-electron chi connectivity index (χ1n) is 7.80. The van der Waals surface area contributed by atoms with Crippen LogP contribution in [0, 0.1) is 5.41 Å². The van der Waals surface area contributed by atoms with Gasteiger partial charge in [0.2, 0.25) is 5.91 Å². The highest BCUT2D eigenvalue weighted by Crippen LogP contribution is 2.35. The number of carbonyl (C=O) groups is 1. The maximum Gasteiger partial charge on any atom is 0.220 e. The summed E-state index contributed by atoms with van der Waals surface area (Å²) < 4.78 is 0. The van der Waals surface area contributed by atoms with E-state index in [0.717, 1.165) is 45.1 Å². The van der Waals surface area contributed by atoms with Gasteiger partial charge in [-0.1, -0.05) is 32.1 Å². The quantitative estimate of drug-likeness (QED) is 0.561. The molecule has 1 rings (SSSR count). The summed E-state index contributed by atoms with van der Waals surface area (Å²) in [6.45, 7) is 1.58. The van der Waals surface area contributed by atoms with Gasteiger partial charge in [-0.05, 0) is 32.2 Å². The van der Waals surface area contributed by atoms with Crippen molar-refractivity contribution in [3.63, 3.8) is 0 Å². The van der Waals surface area contributed by atoms with Crippen LogP contribution in [0.4, 0.5) is 0 Å². The fraction of sp³-hybridized carbons (Fsp3) is 0.933. The van der Waals surface area contributed by atoms with E-state index < -0.39 is 0 Å². The first-order chi connectivity index (χ1) is 9.22. The Morgan fingerprint density at radius 3 is 2.42 bits per heavy atom. The molecular formula is C15H30N2O2. The van der Waals surface area contributed by atoms with Gasteiger partial charge in [-0.15, -0.1) is 0 Å². The van der Waals surface area contributed by atoms with E-state index in [4.69, 9.17) is 5.73 Å². The van der Waals surface area contributed by atoms with Gasteiger partial charge in [0.1, 0.15) is 0 Å². The molecule has 4 nitrogen and oxygen atoms in total. The van der Waals surface area contributed by atoms with Crippen molar-refractivity contribution in [3.05, 3.63) is 0 Å². The molecule has 0 aromatic heterocycles. The van der Waals surface area contributed by atoms with Crippen LogP contribution in [-0.2, 0) is 4.79 Å². The molecule has 0 atom stereocenters. The number of nitrogens with two attached hydrogens (primary N) is 1. The SMILES string of the molecule is NCCCCCCC(=O)NCC1(CO)CCCCC1. The second-order valence-electron chi connectivity index (χ2n) is 5.95. The number of aliphatic hydroxyl groups is 1. The lowest BCUT2D eigenvalue weighted by Gasteiger charge is -2.35. The van der Waals surface area contributed by atoms with Gasteiger partial charge < -0.3 is 16.2 Å². The summed E-state index contributed by atoms with van der Waals surface area (Å²) in [6.07, 6.45) is 10.5. The maximum absolute atomic E-state index is 11.8. The van der Waals surface area contributed by atoms with E-state index in [1.54, 1.807) is 0 Å². The molecule has 0 saturated heterocycles. The van der Waals surface area contributed by atoms with Crippen LogP contribution < -0.4 is 11.1 Å². The summed E-state index contributed by atoms with van der Waals surface area (Å²) in [7, 11) is 0. The average Bonchev–Trinajstić information content (AvgIpc) is 2.46. The standard InChI is InChI=1S/C15H30N2O2/c16-11-7-2-1-4-8-14(19)17-12-15(13-18)9-5-3-6-10-15/h18H,1-13,16H2,(H,17,19). The fourth-order valence-corrected chi connectivity index (χ4v) is 2.85. The maximum atomic E-state index is 11.8. The monoisotopic (exact) mass is 270 g/mol. The summed E-state index contributed by atoms with van der Waals surface area (Å²) in [5.74, 6) is 0.131. The van der Waals surface area contributed by atoms with Gasteiger partial charge in [0.15, 0.2) is 0 Å². The molecule has 1 fully saturated rings. The van der Waals surface area contributed by atoms with Crippen molar-refractivity contribution in [3.8, 4) is 0 Å². The Balaban J connectivity index is 2.14. The van der Waals surface area contributed by atoms with Crippen LogP contribution in [0.2, 0.25) is 0 Å². The molecule has 0 heterocycles. The molecule has 19 heavy (non-hydrogen) atoms. The van der Waals surface area contributed by atoms with Gasteiger partial charge in [0, 0.05) is 18.4 Å². The third kappa shape index (κ3) is 6.39. The van der Waals surface area contributed by atoms with Gasteiger partial charge in [0.05, 0.1) is 6.61 Å². The number of aliphatic hydroxyl groups excluding tert-OH is 1. The van der Waals surface area contributed by atoms with Gasteiger partial charge in [-0.3, -0.25) is 4.79 Å². The van der Waals surface area contributed by atoms with E-state index in [9.17, 15) is 9.90 Å². The van der Waals surface area contributed by atoms with E-state index in [2.05, 4.69) is 5.32 Å². The normalized spacial score (nSPS) is 18.2. The first-order valence-corrected chi connectivity index (χ1v) is 7.80. The van der Waals surface area contributed by atoms with Crippen molar-refractivity contribution >= 4 is 5.91 Å². The van der Waals surface area contributed by atoms with Crippen molar-refractivity contribution in [2.45, 2.75) is 64.2 Å². The smallest absolute Gasteiger partial charge is 0.220 e. The molecule has 0 bridgehead atoms. The molecule has 1 aliphatic carbocycles. The Hall–Kier alpha value is -0.610. The Bertz CT molecular complexity index is 251. The van der Waals surface area contributed by atoms with Crippen LogP contribution in [0.5, 0.6) is 0 Å². The minimum absolute atomic E-state index is 0.0482. The van der Waals surface area contributed by atoms with Crippen LogP contribution in [0.1, 0.15) is 64.2 Å². The molecule has 1 amide bonds. The lowest BCUT2D eigenvalue weighted by atomic mass is 9.74. The Morgan fingerprint density at radius 2 is 1.79 bits per heavy atom. The number of carbonyl (C=O) groups excluding carboxylic acids is 1. The molecule has 1 aliphatic rings. The third-order valence-electron chi connectivity index (χ3n) is 4.27. The highest BCUT2D eigenvalue weighted by atomic mass is 16.3. The zero-order valence-electron chi connectivity index (χ0n) is 12.1. The highest BCUT2D eigenvalue weighted by Gasteiger charge is 2.31. The number of amides is 1. The van der Waals surface area contributed by atoms with E-state index in [1.807, 2.05) is 0 Å². The van der Waals surface area contributed by atoms with E-state index in [-0.39, 0.29) is 17.9 Å². The largest absolute Gasteiger partial charge is 0.396 e. The number of hydrogen-bond donors (Lipinski definition) is 3. The van der Waals surface area contributed by atoms with Gasteiger partial charge in [-0.25, -0.2) is 0 Å². The number of hydrogen-bond acceptors (Lipinski definition) is 3.